The summed E-state index contributed by atoms with van der Waals surface area (Å²) < 4.78 is 0. The van der Waals surface area contributed by atoms with Gasteiger partial charge in [0.1, 0.15) is 0 Å². The fraction of sp³-hybridized carbons (Fsp3) is 0.500. The molecule has 1 aromatic carbocycles. The lowest BCUT2D eigenvalue weighted by molar-refractivity contribution is -0.131. The van der Waals surface area contributed by atoms with Gasteiger partial charge in [-0.2, -0.15) is 0 Å². The maximum Gasteiger partial charge on any atom is 0.239 e. The van der Waals surface area contributed by atoms with Crippen molar-refractivity contribution in [1.82, 2.24) is 4.90 Å². The van der Waals surface area contributed by atoms with Crippen LogP contribution in [0.4, 0.5) is 0 Å². The third kappa shape index (κ3) is 4.67. The minimum atomic E-state index is -0.370. The molecule has 1 amide bonds. The largest absolute Gasteiger partial charge is 0.344 e. The lowest BCUT2D eigenvalue weighted by atomic mass is 10.1. The maximum absolute atomic E-state index is 11.9. The smallest absolute Gasteiger partial charge is 0.239 e. The average molecular weight is 269 g/mol. The van der Waals surface area contributed by atoms with Crippen LogP contribution < -0.4 is 5.73 Å². The van der Waals surface area contributed by atoms with Gasteiger partial charge in [-0.05, 0) is 30.5 Å². The maximum atomic E-state index is 11.9. The van der Waals surface area contributed by atoms with E-state index < -0.39 is 0 Å². The van der Waals surface area contributed by atoms with Gasteiger partial charge in [0, 0.05) is 18.6 Å². The third-order valence-electron chi connectivity index (χ3n) is 2.94. The van der Waals surface area contributed by atoms with Gasteiger partial charge in [-0.1, -0.05) is 37.1 Å². The predicted octanol–water partition coefficient (Wildman–Crippen LogP) is 2.47. The van der Waals surface area contributed by atoms with Gasteiger partial charge in [-0.3, -0.25) is 4.79 Å². The summed E-state index contributed by atoms with van der Waals surface area (Å²) in [6.45, 7) is 2.71. The Kier molecular flexibility index (Phi) is 6.16. The molecule has 0 saturated carbocycles. The molecule has 0 saturated heterocycles. The first-order chi connectivity index (χ1) is 8.54. The Balaban J connectivity index is 2.43. The zero-order valence-electron chi connectivity index (χ0n) is 11.0. The van der Waals surface area contributed by atoms with E-state index in [1.54, 1.807) is 11.9 Å². The molecule has 0 bridgehead atoms. The second-order valence-corrected chi connectivity index (χ2v) is 4.97. The number of amides is 1. The highest BCUT2D eigenvalue weighted by Crippen LogP contribution is 2.10. The van der Waals surface area contributed by atoms with Gasteiger partial charge in [0.25, 0.3) is 0 Å². The minimum absolute atomic E-state index is 0.0193. The van der Waals surface area contributed by atoms with Crippen molar-refractivity contribution in [2.24, 2.45) is 5.73 Å². The Morgan fingerprint density at radius 1 is 1.39 bits per heavy atom. The van der Waals surface area contributed by atoms with Crippen molar-refractivity contribution in [3.8, 4) is 0 Å². The molecule has 0 heterocycles. The summed E-state index contributed by atoms with van der Waals surface area (Å²) in [7, 11) is 1.80. The molecule has 0 spiro atoms. The number of carbonyl (C=O) groups is 1. The van der Waals surface area contributed by atoms with Crippen LogP contribution in [-0.4, -0.2) is 30.4 Å². The lowest BCUT2D eigenvalue weighted by Gasteiger charge is -2.21. The highest BCUT2D eigenvalue weighted by Gasteiger charge is 2.16. The number of rotatable bonds is 6. The molecule has 0 fully saturated rings. The van der Waals surface area contributed by atoms with Crippen molar-refractivity contribution in [3.05, 3.63) is 34.9 Å². The van der Waals surface area contributed by atoms with Crippen LogP contribution in [-0.2, 0) is 11.2 Å². The standard InChI is InChI=1S/C14H21ClN2O/c1-3-4-13(16)14(18)17(2)10-9-11-5-7-12(15)8-6-11/h5-8,13H,3-4,9-10,16H2,1-2H3. The normalized spacial score (nSPS) is 12.2. The summed E-state index contributed by atoms with van der Waals surface area (Å²) in [5, 5.41) is 0.730. The second-order valence-electron chi connectivity index (χ2n) is 4.53. The van der Waals surface area contributed by atoms with Crippen molar-refractivity contribution in [2.45, 2.75) is 32.2 Å². The fourth-order valence-corrected chi connectivity index (χ4v) is 1.90. The first-order valence-electron chi connectivity index (χ1n) is 6.29. The van der Waals surface area contributed by atoms with Crippen molar-refractivity contribution < 1.29 is 4.79 Å². The third-order valence-corrected chi connectivity index (χ3v) is 3.19. The summed E-state index contributed by atoms with van der Waals surface area (Å²) in [6.07, 6.45) is 2.49. The average Bonchev–Trinajstić information content (AvgIpc) is 2.37. The predicted molar refractivity (Wildman–Crippen MR) is 75.7 cm³/mol. The number of hydrogen-bond donors (Lipinski definition) is 1. The van der Waals surface area contributed by atoms with Crippen LogP contribution in [0.15, 0.2) is 24.3 Å². The van der Waals surface area contributed by atoms with Gasteiger partial charge in [0.2, 0.25) is 5.91 Å². The molecule has 2 N–H and O–H groups in total. The number of likely N-dealkylation sites (N-methyl/N-ethyl adjacent to an activating group) is 1. The van der Waals surface area contributed by atoms with Crippen LogP contribution in [0.1, 0.15) is 25.3 Å². The molecular weight excluding hydrogens is 248 g/mol. The topological polar surface area (TPSA) is 46.3 Å². The number of carbonyl (C=O) groups excluding carboxylic acids is 1. The first kappa shape index (κ1) is 15.0. The summed E-state index contributed by atoms with van der Waals surface area (Å²) in [6, 6.07) is 7.31. The lowest BCUT2D eigenvalue weighted by Crippen LogP contribution is -2.42. The van der Waals surface area contributed by atoms with E-state index in [4.69, 9.17) is 17.3 Å². The van der Waals surface area contributed by atoms with Gasteiger partial charge >= 0.3 is 0 Å². The van der Waals surface area contributed by atoms with E-state index in [1.807, 2.05) is 31.2 Å². The van der Waals surface area contributed by atoms with Crippen LogP contribution in [0.5, 0.6) is 0 Å². The molecule has 100 valence electrons. The Bertz CT molecular complexity index is 378. The molecule has 1 atom stereocenters. The highest BCUT2D eigenvalue weighted by atomic mass is 35.5. The van der Waals surface area contributed by atoms with E-state index in [0.29, 0.717) is 6.54 Å². The quantitative estimate of drug-likeness (QED) is 0.862. The van der Waals surface area contributed by atoms with E-state index in [9.17, 15) is 4.79 Å². The van der Waals surface area contributed by atoms with Gasteiger partial charge in [0.15, 0.2) is 0 Å². The zero-order chi connectivity index (χ0) is 13.5. The number of halogens is 1. The van der Waals surface area contributed by atoms with Crippen LogP contribution >= 0.6 is 11.6 Å². The number of nitrogens with zero attached hydrogens (tertiary/aromatic N) is 1. The van der Waals surface area contributed by atoms with Crippen LogP contribution in [0, 0.1) is 0 Å². The van der Waals surface area contributed by atoms with Gasteiger partial charge in [-0.25, -0.2) is 0 Å². The number of benzene rings is 1. The fourth-order valence-electron chi connectivity index (χ4n) is 1.78. The molecule has 1 aromatic rings. The van der Waals surface area contributed by atoms with Crippen molar-refractivity contribution in [3.63, 3.8) is 0 Å². The molecule has 1 unspecified atom stereocenters. The molecule has 0 aliphatic carbocycles. The van der Waals surface area contributed by atoms with E-state index in [2.05, 4.69) is 0 Å². The van der Waals surface area contributed by atoms with Crippen LogP contribution in [0.2, 0.25) is 5.02 Å². The molecule has 0 radical (unpaired) electrons. The summed E-state index contributed by atoms with van der Waals surface area (Å²) in [4.78, 5) is 13.6. The summed E-state index contributed by atoms with van der Waals surface area (Å²) in [5.41, 5.74) is 6.98. The Morgan fingerprint density at radius 3 is 2.56 bits per heavy atom. The number of nitrogens with two attached hydrogens (primary N) is 1. The molecular formula is C14H21ClN2O. The van der Waals surface area contributed by atoms with Crippen molar-refractivity contribution in [1.29, 1.82) is 0 Å². The second kappa shape index (κ2) is 7.39. The van der Waals surface area contributed by atoms with Gasteiger partial charge in [0.05, 0.1) is 6.04 Å². The zero-order valence-corrected chi connectivity index (χ0v) is 11.8. The summed E-state index contributed by atoms with van der Waals surface area (Å²) >= 11 is 5.82. The van der Waals surface area contributed by atoms with Crippen molar-refractivity contribution in [2.75, 3.05) is 13.6 Å². The van der Waals surface area contributed by atoms with E-state index >= 15 is 0 Å². The van der Waals surface area contributed by atoms with E-state index in [-0.39, 0.29) is 11.9 Å². The van der Waals surface area contributed by atoms with E-state index in [1.165, 1.54) is 5.56 Å². The Morgan fingerprint density at radius 2 is 2.00 bits per heavy atom. The Hall–Kier alpha value is -1.06. The Labute approximate surface area is 114 Å². The monoisotopic (exact) mass is 268 g/mol. The first-order valence-corrected chi connectivity index (χ1v) is 6.67. The highest BCUT2D eigenvalue weighted by molar-refractivity contribution is 6.30. The molecule has 0 aliphatic heterocycles. The molecule has 0 aromatic heterocycles. The molecule has 3 nitrogen and oxygen atoms in total. The van der Waals surface area contributed by atoms with E-state index in [0.717, 1.165) is 24.3 Å². The molecule has 18 heavy (non-hydrogen) atoms. The molecule has 0 aliphatic rings. The van der Waals surface area contributed by atoms with Crippen molar-refractivity contribution >= 4 is 17.5 Å². The minimum Gasteiger partial charge on any atom is -0.344 e. The molecule has 4 heteroatoms. The van der Waals surface area contributed by atoms with Crippen LogP contribution in [0.25, 0.3) is 0 Å². The SMILES string of the molecule is CCCC(N)C(=O)N(C)CCc1ccc(Cl)cc1. The van der Waals surface area contributed by atoms with Gasteiger partial charge in [-0.15, -0.1) is 0 Å². The molecule has 1 rings (SSSR count). The summed E-state index contributed by atoms with van der Waals surface area (Å²) in [5.74, 6) is 0.0193. The van der Waals surface area contributed by atoms with Crippen LogP contribution in [0.3, 0.4) is 0 Å². The number of hydrogen-bond acceptors (Lipinski definition) is 2. The van der Waals surface area contributed by atoms with Gasteiger partial charge < -0.3 is 10.6 Å².